The molecule has 0 bridgehead atoms. The molecule has 0 heterocycles. The molecule has 0 aromatic heterocycles. The molecule has 3 aromatic rings. The number of nitrogens with one attached hydrogen (secondary N) is 2. The Morgan fingerprint density at radius 1 is 1.06 bits per heavy atom. The topological polar surface area (TPSA) is 24.1 Å². The third kappa shape index (κ3) is 5.69. The minimum absolute atomic E-state index is 0.570. The van der Waals surface area contributed by atoms with Crippen LogP contribution >= 0.6 is 24.0 Å². The Labute approximate surface area is 195 Å². The lowest BCUT2D eigenvalue weighted by Gasteiger charge is -2.27. The van der Waals surface area contributed by atoms with Crippen molar-refractivity contribution >= 4 is 39.9 Å². The molecule has 0 amide bonds. The maximum atomic E-state index is 5.47. The van der Waals surface area contributed by atoms with Crippen LogP contribution in [0.1, 0.15) is 36.0 Å². The molecule has 2 N–H and O–H groups in total. The SMILES string of the molecule is C=CCc1c(SCc2ccccc2)ccc2cccc(CCNC(=S)NC3CCC3)c12. The summed E-state index contributed by atoms with van der Waals surface area (Å²) < 4.78 is 0. The highest BCUT2D eigenvalue weighted by atomic mass is 32.2. The monoisotopic (exact) mass is 446 g/mol. The lowest BCUT2D eigenvalue weighted by Crippen LogP contribution is -2.45. The van der Waals surface area contributed by atoms with Gasteiger partial charge in [0, 0.05) is 23.2 Å². The molecular formula is C27H30N2S2. The Hall–Kier alpha value is -2.30. The van der Waals surface area contributed by atoms with Crippen LogP contribution in [0.3, 0.4) is 0 Å². The second-order valence-electron chi connectivity index (χ2n) is 8.10. The molecule has 2 nitrogen and oxygen atoms in total. The van der Waals surface area contributed by atoms with E-state index < -0.39 is 0 Å². The first kappa shape index (κ1) is 21.9. The largest absolute Gasteiger partial charge is 0.362 e. The van der Waals surface area contributed by atoms with Crippen LogP contribution < -0.4 is 10.6 Å². The second kappa shape index (κ2) is 10.8. The number of hydrogen-bond donors (Lipinski definition) is 2. The summed E-state index contributed by atoms with van der Waals surface area (Å²) in [6.07, 6.45) is 7.63. The minimum Gasteiger partial charge on any atom is -0.362 e. The summed E-state index contributed by atoms with van der Waals surface area (Å²) in [6, 6.07) is 22.4. The lowest BCUT2D eigenvalue weighted by molar-refractivity contribution is 0.382. The highest BCUT2D eigenvalue weighted by Crippen LogP contribution is 2.34. The van der Waals surface area contributed by atoms with Gasteiger partial charge < -0.3 is 10.6 Å². The van der Waals surface area contributed by atoms with E-state index in [1.165, 1.54) is 51.6 Å². The van der Waals surface area contributed by atoms with Crippen LogP contribution in [0, 0.1) is 0 Å². The summed E-state index contributed by atoms with van der Waals surface area (Å²) in [6.45, 7) is 4.87. The Morgan fingerprint density at radius 2 is 1.90 bits per heavy atom. The normalized spacial score (nSPS) is 13.5. The molecule has 0 atom stereocenters. The van der Waals surface area contributed by atoms with Crippen molar-refractivity contribution in [3.8, 4) is 0 Å². The highest BCUT2D eigenvalue weighted by Gasteiger charge is 2.17. The van der Waals surface area contributed by atoms with Crippen LogP contribution in [0.25, 0.3) is 10.8 Å². The van der Waals surface area contributed by atoms with Gasteiger partial charge in [0.1, 0.15) is 0 Å². The van der Waals surface area contributed by atoms with Crippen molar-refractivity contribution in [1.29, 1.82) is 0 Å². The molecule has 0 saturated heterocycles. The number of fused-ring (bicyclic) bond motifs is 1. The third-order valence-corrected chi connectivity index (χ3v) is 7.34. The molecule has 1 aliphatic carbocycles. The van der Waals surface area contributed by atoms with Gasteiger partial charge in [-0.3, -0.25) is 0 Å². The van der Waals surface area contributed by atoms with Gasteiger partial charge in [0.15, 0.2) is 5.11 Å². The maximum absolute atomic E-state index is 5.47. The van der Waals surface area contributed by atoms with Crippen molar-refractivity contribution in [3.05, 3.63) is 90.0 Å². The first-order chi connectivity index (χ1) is 15.2. The zero-order valence-electron chi connectivity index (χ0n) is 17.9. The van der Waals surface area contributed by atoms with Crippen LogP contribution in [0.5, 0.6) is 0 Å². The summed E-state index contributed by atoms with van der Waals surface area (Å²) in [5.41, 5.74) is 4.11. The van der Waals surface area contributed by atoms with Crippen LogP contribution in [-0.4, -0.2) is 17.7 Å². The van der Waals surface area contributed by atoms with E-state index >= 15 is 0 Å². The van der Waals surface area contributed by atoms with E-state index in [1.54, 1.807) is 0 Å². The number of allylic oxidation sites excluding steroid dienone is 1. The molecule has 1 saturated carbocycles. The van der Waals surface area contributed by atoms with Gasteiger partial charge >= 0.3 is 0 Å². The van der Waals surface area contributed by atoms with E-state index in [4.69, 9.17) is 12.2 Å². The van der Waals surface area contributed by atoms with Gasteiger partial charge in [-0.2, -0.15) is 0 Å². The summed E-state index contributed by atoms with van der Waals surface area (Å²) in [4.78, 5) is 1.35. The van der Waals surface area contributed by atoms with E-state index in [-0.39, 0.29) is 0 Å². The number of rotatable bonds is 9. The van der Waals surface area contributed by atoms with Crippen molar-refractivity contribution in [2.24, 2.45) is 0 Å². The van der Waals surface area contributed by atoms with Crippen LogP contribution in [0.15, 0.2) is 78.2 Å². The average molecular weight is 447 g/mol. The van der Waals surface area contributed by atoms with Gasteiger partial charge in [0.25, 0.3) is 0 Å². The number of benzene rings is 3. The first-order valence-corrected chi connectivity index (χ1v) is 12.5. The van der Waals surface area contributed by atoms with E-state index in [0.29, 0.717) is 6.04 Å². The Bertz CT molecular complexity index is 1040. The third-order valence-electron chi connectivity index (χ3n) is 5.90. The standard InChI is InChI=1S/C27H30N2S2/c1-2-8-24-25(31-19-20-9-4-3-5-10-20)16-15-21-11-6-12-22(26(21)24)17-18-28-27(30)29-23-13-7-14-23/h2-6,9-12,15-16,23H,1,7-8,13-14,17-19H2,(H2,28,29,30). The van der Waals surface area contributed by atoms with Crippen molar-refractivity contribution in [1.82, 2.24) is 10.6 Å². The van der Waals surface area contributed by atoms with E-state index in [1.807, 2.05) is 17.8 Å². The van der Waals surface area contributed by atoms with Crippen LogP contribution in [0.4, 0.5) is 0 Å². The van der Waals surface area contributed by atoms with E-state index in [9.17, 15) is 0 Å². The number of thiocarbonyl (C=S) groups is 1. The molecule has 4 heteroatoms. The molecule has 1 aliphatic rings. The minimum atomic E-state index is 0.570. The molecule has 0 radical (unpaired) electrons. The van der Waals surface area contributed by atoms with Crippen molar-refractivity contribution in [3.63, 3.8) is 0 Å². The summed E-state index contributed by atoms with van der Waals surface area (Å²) in [7, 11) is 0. The molecule has 4 rings (SSSR count). The molecule has 3 aromatic carbocycles. The zero-order chi connectivity index (χ0) is 21.5. The van der Waals surface area contributed by atoms with Gasteiger partial charge in [0.05, 0.1) is 0 Å². The number of thioether (sulfide) groups is 1. The van der Waals surface area contributed by atoms with Crippen molar-refractivity contribution in [2.45, 2.75) is 48.8 Å². The van der Waals surface area contributed by atoms with Crippen LogP contribution in [-0.2, 0) is 18.6 Å². The lowest BCUT2D eigenvalue weighted by atomic mass is 9.93. The molecule has 0 spiro atoms. The quantitative estimate of drug-likeness (QED) is 0.225. The van der Waals surface area contributed by atoms with E-state index in [0.717, 1.165) is 30.3 Å². The van der Waals surface area contributed by atoms with Gasteiger partial charge in [-0.15, -0.1) is 18.3 Å². The van der Waals surface area contributed by atoms with Gasteiger partial charge in [-0.1, -0.05) is 60.7 Å². The highest BCUT2D eigenvalue weighted by molar-refractivity contribution is 7.98. The Morgan fingerprint density at radius 3 is 2.65 bits per heavy atom. The predicted molar refractivity (Wildman–Crippen MR) is 139 cm³/mol. The predicted octanol–water partition coefficient (Wildman–Crippen LogP) is 6.42. The van der Waals surface area contributed by atoms with Crippen molar-refractivity contribution < 1.29 is 0 Å². The molecular weight excluding hydrogens is 416 g/mol. The Balaban J connectivity index is 1.52. The van der Waals surface area contributed by atoms with Crippen LogP contribution in [0.2, 0.25) is 0 Å². The molecule has 31 heavy (non-hydrogen) atoms. The summed E-state index contributed by atoms with van der Waals surface area (Å²) in [5.74, 6) is 0.974. The second-order valence-corrected chi connectivity index (χ2v) is 9.53. The molecule has 160 valence electrons. The average Bonchev–Trinajstić information content (AvgIpc) is 2.76. The summed E-state index contributed by atoms with van der Waals surface area (Å²) >= 11 is 7.39. The molecule has 1 fully saturated rings. The zero-order valence-corrected chi connectivity index (χ0v) is 19.5. The Kier molecular flexibility index (Phi) is 7.66. The van der Waals surface area contributed by atoms with Gasteiger partial charge in [-0.05, 0) is 77.9 Å². The van der Waals surface area contributed by atoms with Gasteiger partial charge in [0.2, 0.25) is 0 Å². The summed E-state index contributed by atoms with van der Waals surface area (Å²) in [5, 5.41) is 10.3. The fraction of sp³-hybridized carbons (Fsp3) is 0.296. The first-order valence-electron chi connectivity index (χ1n) is 11.1. The fourth-order valence-corrected chi connectivity index (χ4v) is 5.35. The van der Waals surface area contributed by atoms with Gasteiger partial charge in [-0.25, -0.2) is 0 Å². The molecule has 0 unspecified atom stereocenters. The van der Waals surface area contributed by atoms with Crippen molar-refractivity contribution in [2.75, 3.05) is 6.54 Å². The molecule has 0 aliphatic heterocycles. The maximum Gasteiger partial charge on any atom is 0.166 e. The number of hydrogen-bond acceptors (Lipinski definition) is 2. The smallest absolute Gasteiger partial charge is 0.166 e. The van der Waals surface area contributed by atoms with E-state index in [2.05, 4.69) is 77.9 Å². The fourth-order valence-electron chi connectivity index (χ4n) is 4.04.